The van der Waals surface area contributed by atoms with E-state index in [1.54, 1.807) is 0 Å². The highest BCUT2D eigenvalue weighted by Gasteiger charge is 2.30. The number of hydrogen-bond acceptors (Lipinski definition) is 2. The number of nitrogens with zero attached hydrogens (tertiary/aromatic N) is 1. The van der Waals surface area contributed by atoms with Crippen molar-refractivity contribution >= 4 is 16.7 Å². The highest BCUT2D eigenvalue weighted by molar-refractivity contribution is 6.08. The van der Waals surface area contributed by atoms with E-state index in [4.69, 9.17) is 0 Å². The topological polar surface area (TPSA) is 36.1 Å². The standard InChI is InChI=1S/C17H22N2O/c1-2-3-10-19(13-8-9-13)12-17(20)15-11-18-16-7-5-4-6-14(15)16/h4-7,11,13,18H,2-3,8-10,12H2,1H3. The highest BCUT2D eigenvalue weighted by atomic mass is 16.1. The molecule has 1 aromatic heterocycles. The molecule has 1 N–H and O–H groups in total. The molecule has 0 aliphatic heterocycles. The molecule has 1 saturated carbocycles. The average Bonchev–Trinajstić information content (AvgIpc) is 3.22. The van der Waals surface area contributed by atoms with Crippen LogP contribution in [0.3, 0.4) is 0 Å². The molecule has 0 spiro atoms. The number of aromatic amines is 1. The molecule has 0 atom stereocenters. The van der Waals surface area contributed by atoms with E-state index in [0.717, 1.165) is 23.0 Å². The van der Waals surface area contributed by atoms with Crippen molar-refractivity contribution in [3.05, 3.63) is 36.0 Å². The molecule has 20 heavy (non-hydrogen) atoms. The number of rotatable bonds is 7. The Labute approximate surface area is 120 Å². The maximum absolute atomic E-state index is 12.6. The Bertz CT molecular complexity index is 598. The molecule has 0 unspecified atom stereocenters. The summed E-state index contributed by atoms with van der Waals surface area (Å²) in [7, 11) is 0. The summed E-state index contributed by atoms with van der Waals surface area (Å²) < 4.78 is 0. The van der Waals surface area contributed by atoms with Crippen LogP contribution in [0.15, 0.2) is 30.5 Å². The molecule has 3 heteroatoms. The molecule has 1 fully saturated rings. The first-order chi connectivity index (χ1) is 9.79. The third-order valence-corrected chi connectivity index (χ3v) is 4.10. The van der Waals surface area contributed by atoms with Crippen molar-refractivity contribution < 1.29 is 4.79 Å². The predicted molar refractivity (Wildman–Crippen MR) is 82.1 cm³/mol. The van der Waals surface area contributed by atoms with Gasteiger partial charge in [-0.2, -0.15) is 0 Å². The molecule has 1 aromatic carbocycles. The number of nitrogens with one attached hydrogen (secondary N) is 1. The van der Waals surface area contributed by atoms with Gasteiger partial charge in [-0.25, -0.2) is 0 Å². The summed E-state index contributed by atoms with van der Waals surface area (Å²) in [6.07, 6.45) is 6.73. The van der Waals surface area contributed by atoms with Gasteiger partial charge in [0, 0.05) is 28.7 Å². The monoisotopic (exact) mass is 270 g/mol. The third-order valence-electron chi connectivity index (χ3n) is 4.10. The van der Waals surface area contributed by atoms with Crippen molar-refractivity contribution in [2.24, 2.45) is 0 Å². The molecule has 3 rings (SSSR count). The minimum atomic E-state index is 0.241. The lowest BCUT2D eigenvalue weighted by Gasteiger charge is -2.20. The first-order valence-electron chi connectivity index (χ1n) is 7.63. The number of benzene rings is 1. The summed E-state index contributed by atoms with van der Waals surface area (Å²) in [5, 5.41) is 1.05. The second kappa shape index (κ2) is 5.80. The van der Waals surface area contributed by atoms with Crippen LogP contribution >= 0.6 is 0 Å². The summed E-state index contributed by atoms with van der Waals surface area (Å²) in [5.74, 6) is 0.241. The van der Waals surface area contributed by atoms with Gasteiger partial charge in [0.25, 0.3) is 0 Å². The molecule has 1 aliphatic rings. The van der Waals surface area contributed by atoms with E-state index in [9.17, 15) is 4.79 Å². The van der Waals surface area contributed by atoms with Gasteiger partial charge in [0.15, 0.2) is 5.78 Å². The van der Waals surface area contributed by atoms with E-state index < -0.39 is 0 Å². The zero-order valence-corrected chi connectivity index (χ0v) is 12.1. The number of Topliss-reactive ketones (excluding diaryl/α,β-unsaturated/α-hetero) is 1. The van der Waals surface area contributed by atoms with E-state index in [0.29, 0.717) is 12.6 Å². The van der Waals surface area contributed by atoms with Crippen LogP contribution in [0.4, 0.5) is 0 Å². The van der Waals surface area contributed by atoms with Gasteiger partial charge < -0.3 is 4.98 Å². The van der Waals surface area contributed by atoms with Gasteiger partial charge in [-0.15, -0.1) is 0 Å². The summed E-state index contributed by atoms with van der Waals surface area (Å²) in [6, 6.07) is 8.66. The normalized spacial score (nSPS) is 15.1. The molecular weight excluding hydrogens is 248 g/mol. The smallest absolute Gasteiger partial charge is 0.178 e. The van der Waals surface area contributed by atoms with E-state index in [2.05, 4.69) is 16.8 Å². The number of aromatic nitrogens is 1. The average molecular weight is 270 g/mol. The number of hydrogen-bond donors (Lipinski definition) is 1. The van der Waals surface area contributed by atoms with Crippen LogP contribution in [0.2, 0.25) is 0 Å². The number of fused-ring (bicyclic) bond motifs is 1. The van der Waals surface area contributed by atoms with Crippen molar-refractivity contribution in [2.45, 2.75) is 38.6 Å². The zero-order chi connectivity index (χ0) is 13.9. The Morgan fingerprint density at radius 1 is 1.35 bits per heavy atom. The third kappa shape index (κ3) is 2.78. The van der Waals surface area contributed by atoms with Crippen LogP contribution < -0.4 is 0 Å². The molecule has 3 nitrogen and oxygen atoms in total. The van der Waals surface area contributed by atoms with Gasteiger partial charge in [0.05, 0.1) is 6.54 Å². The lowest BCUT2D eigenvalue weighted by Crippen LogP contribution is -2.32. The van der Waals surface area contributed by atoms with Crippen LogP contribution in [0.5, 0.6) is 0 Å². The largest absolute Gasteiger partial charge is 0.360 e. The van der Waals surface area contributed by atoms with Crippen molar-refractivity contribution in [3.8, 4) is 0 Å². The van der Waals surface area contributed by atoms with Crippen LogP contribution in [-0.4, -0.2) is 34.8 Å². The van der Waals surface area contributed by atoms with Crippen molar-refractivity contribution in [1.29, 1.82) is 0 Å². The molecule has 2 aromatic rings. The maximum Gasteiger partial charge on any atom is 0.178 e. The summed E-state index contributed by atoms with van der Waals surface area (Å²) in [5.41, 5.74) is 1.88. The SMILES string of the molecule is CCCCN(CC(=O)c1c[nH]c2ccccc12)C1CC1. The van der Waals surface area contributed by atoms with E-state index in [1.807, 2.05) is 30.5 Å². The van der Waals surface area contributed by atoms with Gasteiger partial charge in [-0.05, 0) is 31.9 Å². The number of unbranched alkanes of at least 4 members (excludes halogenated alkanes) is 1. The molecule has 1 heterocycles. The van der Waals surface area contributed by atoms with Gasteiger partial charge in [-0.1, -0.05) is 31.5 Å². The number of carbonyl (C=O) groups excluding carboxylic acids is 1. The van der Waals surface area contributed by atoms with Crippen molar-refractivity contribution in [2.75, 3.05) is 13.1 Å². The lowest BCUT2D eigenvalue weighted by atomic mass is 10.1. The van der Waals surface area contributed by atoms with Crippen LogP contribution in [0, 0.1) is 0 Å². The maximum atomic E-state index is 12.6. The Balaban J connectivity index is 1.74. The van der Waals surface area contributed by atoms with Crippen LogP contribution in [0.25, 0.3) is 10.9 Å². The second-order valence-corrected chi connectivity index (χ2v) is 5.73. The Hall–Kier alpha value is -1.61. The molecule has 0 amide bonds. The molecule has 0 saturated heterocycles. The van der Waals surface area contributed by atoms with Crippen LogP contribution in [0.1, 0.15) is 43.0 Å². The van der Waals surface area contributed by atoms with Gasteiger partial charge in [-0.3, -0.25) is 9.69 Å². The van der Waals surface area contributed by atoms with Gasteiger partial charge in [0.2, 0.25) is 0 Å². The number of carbonyl (C=O) groups is 1. The van der Waals surface area contributed by atoms with E-state index in [1.165, 1.54) is 25.7 Å². The second-order valence-electron chi connectivity index (χ2n) is 5.73. The minimum Gasteiger partial charge on any atom is -0.360 e. The van der Waals surface area contributed by atoms with Crippen LogP contribution in [-0.2, 0) is 0 Å². The lowest BCUT2D eigenvalue weighted by molar-refractivity contribution is 0.0925. The number of ketones is 1. The van der Waals surface area contributed by atoms with Gasteiger partial charge >= 0.3 is 0 Å². The van der Waals surface area contributed by atoms with Crippen molar-refractivity contribution in [1.82, 2.24) is 9.88 Å². The first kappa shape index (κ1) is 13.4. The zero-order valence-electron chi connectivity index (χ0n) is 12.1. The van der Waals surface area contributed by atoms with E-state index >= 15 is 0 Å². The van der Waals surface area contributed by atoms with E-state index in [-0.39, 0.29) is 5.78 Å². The summed E-state index contributed by atoms with van der Waals surface area (Å²) in [6.45, 7) is 3.81. The highest BCUT2D eigenvalue weighted by Crippen LogP contribution is 2.28. The fourth-order valence-corrected chi connectivity index (χ4v) is 2.76. The molecule has 0 bridgehead atoms. The Kier molecular flexibility index (Phi) is 3.88. The fourth-order valence-electron chi connectivity index (χ4n) is 2.76. The van der Waals surface area contributed by atoms with Gasteiger partial charge in [0.1, 0.15) is 0 Å². The summed E-state index contributed by atoms with van der Waals surface area (Å²) in [4.78, 5) is 18.1. The predicted octanol–water partition coefficient (Wildman–Crippen LogP) is 3.62. The molecule has 106 valence electrons. The minimum absolute atomic E-state index is 0.241. The number of para-hydroxylation sites is 1. The summed E-state index contributed by atoms with van der Waals surface area (Å²) >= 11 is 0. The fraction of sp³-hybridized carbons (Fsp3) is 0.471. The number of H-pyrrole nitrogens is 1. The Morgan fingerprint density at radius 2 is 2.15 bits per heavy atom. The molecule has 1 aliphatic carbocycles. The Morgan fingerprint density at radius 3 is 2.90 bits per heavy atom. The van der Waals surface area contributed by atoms with Crippen molar-refractivity contribution in [3.63, 3.8) is 0 Å². The molecular formula is C17H22N2O. The quantitative estimate of drug-likeness (QED) is 0.780. The first-order valence-corrected chi connectivity index (χ1v) is 7.63. The molecule has 0 radical (unpaired) electrons.